The first-order chi connectivity index (χ1) is 8.91. The standard InChI is InChI=1S/C15H30N2O2/c1-12(2)15(18)17-8-6-14(7-9-17)16(5)10-11-19-13(3)4/h12-14H,6-11H2,1-5H3. The van der Waals surface area contributed by atoms with Gasteiger partial charge < -0.3 is 14.5 Å². The summed E-state index contributed by atoms with van der Waals surface area (Å²) in [4.78, 5) is 16.3. The number of ether oxygens (including phenoxy) is 1. The smallest absolute Gasteiger partial charge is 0.225 e. The summed E-state index contributed by atoms with van der Waals surface area (Å²) in [6, 6.07) is 0.590. The molecule has 4 heteroatoms. The Bertz CT molecular complexity index is 271. The van der Waals surface area contributed by atoms with Crippen LogP contribution in [0.2, 0.25) is 0 Å². The van der Waals surface area contributed by atoms with Gasteiger partial charge in [0.15, 0.2) is 0 Å². The van der Waals surface area contributed by atoms with Crippen molar-refractivity contribution in [1.29, 1.82) is 0 Å². The van der Waals surface area contributed by atoms with Crippen molar-refractivity contribution < 1.29 is 9.53 Å². The van der Waals surface area contributed by atoms with Crippen molar-refractivity contribution in [3.05, 3.63) is 0 Å². The summed E-state index contributed by atoms with van der Waals surface area (Å²) >= 11 is 0. The van der Waals surface area contributed by atoms with Crippen LogP contribution in [-0.2, 0) is 9.53 Å². The topological polar surface area (TPSA) is 32.8 Å². The second-order valence-corrected chi connectivity index (χ2v) is 6.11. The molecule has 0 aromatic heterocycles. The van der Waals surface area contributed by atoms with Gasteiger partial charge in [0.05, 0.1) is 12.7 Å². The van der Waals surface area contributed by atoms with Gasteiger partial charge in [-0.05, 0) is 33.7 Å². The van der Waals surface area contributed by atoms with Crippen molar-refractivity contribution in [2.24, 2.45) is 5.92 Å². The van der Waals surface area contributed by atoms with E-state index < -0.39 is 0 Å². The van der Waals surface area contributed by atoms with Crippen molar-refractivity contribution in [1.82, 2.24) is 9.80 Å². The summed E-state index contributed by atoms with van der Waals surface area (Å²) in [6.07, 6.45) is 2.46. The van der Waals surface area contributed by atoms with Gasteiger partial charge in [0.2, 0.25) is 5.91 Å². The molecular weight excluding hydrogens is 240 g/mol. The molecule has 1 aliphatic rings. The minimum Gasteiger partial charge on any atom is -0.377 e. The van der Waals surface area contributed by atoms with E-state index >= 15 is 0 Å². The Balaban J connectivity index is 2.27. The fraction of sp³-hybridized carbons (Fsp3) is 0.933. The first-order valence-electron chi connectivity index (χ1n) is 7.52. The predicted molar refractivity (Wildman–Crippen MR) is 78.2 cm³/mol. The summed E-state index contributed by atoms with van der Waals surface area (Å²) in [5, 5.41) is 0. The molecule has 0 bridgehead atoms. The van der Waals surface area contributed by atoms with E-state index in [9.17, 15) is 4.79 Å². The fourth-order valence-corrected chi connectivity index (χ4v) is 2.51. The van der Waals surface area contributed by atoms with Gasteiger partial charge >= 0.3 is 0 Å². The number of likely N-dealkylation sites (N-methyl/N-ethyl adjacent to an activating group) is 1. The van der Waals surface area contributed by atoms with Gasteiger partial charge in [-0.15, -0.1) is 0 Å². The lowest BCUT2D eigenvalue weighted by atomic mass is 10.0. The number of carbonyl (C=O) groups excluding carboxylic acids is 1. The molecule has 0 unspecified atom stereocenters. The zero-order chi connectivity index (χ0) is 14.4. The summed E-state index contributed by atoms with van der Waals surface area (Å²) in [5.74, 6) is 0.415. The number of hydrogen-bond donors (Lipinski definition) is 0. The number of amides is 1. The second kappa shape index (κ2) is 7.85. The maximum atomic E-state index is 11.9. The first kappa shape index (κ1) is 16.4. The average Bonchev–Trinajstić information content (AvgIpc) is 2.37. The SMILES string of the molecule is CC(C)OCCN(C)C1CCN(C(=O)C(C)C)CC1. The van der Waals surface area contributed by atoms with Crippen molar-refractivity contribution in [3.63, 3.8) is 0 Å². The molecule has 0 radical (unpaired) electrons. The molecule has 1 heterocycles. The Kier molecular flexibility index (Phi) is 6.80. The molecule has 0 spiro atoms. The van der Waals surface area contributed by atoms with Gasteiger partial charge in [0.1, 0.15) is 0 Å². The van der Waals surface area contributed by atoms with Crippen LogP contribution in [0.15, 0.2) is 0 Å². The van der Waals surface area contributed by atoms with Crippen molar-refractivity contribution in [2.45, 2.75) is 52.7 Å². The highest BCUT2D eigenvalue weighted by Crippen LogP contribution is 2.17. The van der Waals surface area contributed by atoms with Crippen LogP contribution >= 0.6 is 0 Å². The Labute approximate surface area is 118 Å². The van der Waals surface area contributed by atoms with Crippen LogP contribution in [0.5, 0.6) is 0 Å². The largest absolute Gasteiger partial charge is 0.377 e. The van der Waals surface area contributed by atoms with E-state index in [1.54, 1.807) is 0 Å². The summed E-state index contributed by atoms with van der Waals surface area (Å²) in [7, 11) is 2.16. The molecule has 1 amide bonds. The average molecular weight is 270 g/mol. The number of hydrogen-bond acceptors (Lipinski definition) is 3. The Morgan fingerprint density at radius 1 is 1.26 bits per heavy atom. The van der Waals surface area contributed by atoms with Crippen LogP contribution in [0, 0.1) is 5.92 Å². The lowest BCUT2D eigenvalue weighted by Gasteiger charge is -2.37. The van der Waals surface area contributed by atoms with Crippen molar-refractivity contribution >= 4 is 5.91 Å². The van der Waals surface area contributed by atoms with Gasteiger partial charge in [-0.2, -0.15) is 0 Å². The molecule has 4 nitrogen and oxygen atoms in total. The Morgan fingerprint density at radius 3 is 2.32 bits per heavy atom. The molecule has 1 saturated heterocycles. The molecule has 112 valence electrons. The minimum atomic E-state index is 0.119. The van der Waals surface area contributed by atoms with E-state index in [0.717, 1.165) is 39.1 Å². The summed E-state index contributed by atoms with van der Waals surface area (Å²) in [6.45, 7) is 11.6. The lowest BCUT2D eigenvalue weighted by molar-refractivity contribution is -0.136. The first-order valence-corrected chi connectivity index (χ1v) is 7.52. The molecule has 0 aliphatic carbocycles. The molecule has 19 heavy (non-hydrogen) atoms. The number of carbonyl (C=O) groups is 1. The maximum Gasteiger partial charge on any atom is 0.225 e. The van der Waals surface area contributed by atoms with Crippen molar-refractivity contribution in [3.8, 4) is 0 Å². The molecule has 0 N–H and O–H groups in total. The number of piperidine rings is 1. The molecular formula is C15H30N2O2. The monoisotopic (exact) mass is 270 g/mol. The van der Waals surface area contributed by atoms with Crippen LogP contribution in [0.1, 0.15) is 40.5 Å². The third-order valence-electron chi connectivity index (χ3n) is 3.79. The van der Waals surface area contributed by atoms with E-state index in [2.05, 4.69) is 25.8 Å². The zero-order valence-electron chi connectivity index (χ0n) is 13.2. The Hall–Kier alpha value is -0.610. The lowest BCUT2D eigenvalue weighted by Crippen LogP contribution is -2.47. The minimum absolute atomic E-state index is 0.119. The van der Waals surface area contributed by atoms with Crippen LogP contribution in [-0.4, -0.2) is 61.1 Å². The number of likely N-dealkylation sites (tertiary alicyclic amines) is 1. The van der Waals surface area contributed by atoms with E-state index in [1.165, 1.54) is 0 Å². The van der Waals surface area contributed by atoms with Crippen LogP contribution in [0.3, 0.4) is 0 Å². The van der Waals surface area contributed by atoms with Gasteiger partial charge in [-0.3, -0.25) is 4.79 Å². The van der Waals surface area contributed by atoms with E-state index in [4.69, 9.17) is 4.74 Å². The molecule has 0 aromatic rings. The highest BCUT2D eigenvalue weighted by atomic mass is 16.5. The van der Waals surface area contributed by atoms with Gasteiger partial charge in [0, 0.05) is 31.6 Å². The van der Waals surface area contributed by atoms with E-state index in [0.29, 0.717) is 18.1 Å². The number of nitrogens with zero attached hydrogens (tertiary/aromatic N) is 2. The van der Waals surface area contributed by atoms with Gasteiger partial charge in [-0.25, -0.2) is 0 Å². The third-order valence-corrected chi connectivity index (χ3v) is 3.79. The van der Waals surface area contributed by atoms with Crippen molar-refractivity contribution in [2.75, 3.05) is 33.3 Å². The molecule has 0 saturated carbocycles. The van der Waals surface area contributed by atoms with Gasteiger partial charge in [0.25, 0.3) is 0 Å². The molecule has 1 rings (SSSR count). The highest BCUT2D eigenvalue weighted by Gasteiger charge is 2.26. The molecule has 1 fully saturated rings. The highest BCUT2D eigenvalue weighted by molar-refractivity contribution is 5.78. The van der Waals surface area contributed by atoms with Crippen LogP contribution < -0.4 is 0 Å². The summed E-state index contributed by atoms with van der Waals surface area (Å²) < 4.78 is 5.59. The van der Waals surface area contributed by atoms with E-state index in [1.807, 2.05) is 18.7 Å². The number of rotatable bonds is 6. The quantitative estimate of drug-likeness (QED) is 0.740. The molecule has 1 aliphatic heterocycles. The molecule has 0 aromatic carbocycles. The zero-order valence-corrected chi connectivity index (χ0v) is 13.2. The maximum absolute atomic E-state index is 11.9. The van der Waals surface area contributed by atoms with Gasteiger partial charge in [-0.1, -0.05) is 13.8 Å². The fourth-order valence-electron chi connectivity index (χ4n) is 2.51. The predicted octanol–water partition coefficient (Wildman–Crippen LogP) is 1.99. The van der Waals surface area contributed by atoms with Crippen LogP contribution in [0.4, 0.5) is 0 Å². The third kappa shape index (κ3) is 5.49. The van der Waals surface area contributed by atoms with E-state index in [-0.39, 0.29) is 5.92 Å². The Morgan fingerprint density at radius 2 is 1.84 bits per heavy atom. The summed E-state index contributed by atoms with van der Waals surface area (Å²) in [5.41, 5.74) is 0. The normalized spacial score (nSPS) is 17.8. The second-order valence-electron chi connectivity index (χ2n) is 6.11. The van der Waals surface area contributed by atoms with Crippen LogP contribution in [0.25, 0.3) is 0 Å². The molecule has 0 atom stereocenters.